The first-order valence-corrected chi connectivity index (χ1v) is 7.43. The number of hydrogen-bond acceptors (Lipinski definition) is 6. The summed E-state index contributed by atoms with van der Waals surface area (Å²) in [6.45, 7) is 1.42. The summed E-state index contributed by atoms with van der Waals surface area (Å²) in [6.07, 6.45) is 3.32. The molecule has 1 aromatic carbocycles. The molecule has 0 aliphatic carbocycles. The Kier molecular flexibility index (Phi) is 3.48. The maximum Gasteiger partial charge on any atom is 0.196 e. The molecule has 0 atom stereocenters. The van der Waals surface area contributed by atoms with Gasteiger partial charge in [0.25, 0.3) is 0 Å². The Morgan fingerprint density at radius 1 is 0.870 bits per heavy atom. The molecule has 0 saturated heterocycles. The van der Waals surface area contributed by atoms with Crippen LogP contribution in [0.1, 0.15) is 0 Å². The van der Waals surface area contributed by atoms with Gasteiger partial charge in [0, 0.05) is 24.7 Å². The molecule has 0 aliphatic rings. The van der Waals surface area contributed by atoms with Crippen LogP contribution < -0.4 is 10.6 Å². The fraction of sp³-hybridized carbons (Fsp3) is 0.118. The minimum Gasteiger partial charge on any atom is -0.450 e. The number of furan rings is 1. The van der Waals surface area contributed by atoms with Gasteiger partial charge in [-0.25, -0.2) is 15.0 Å². The van der Waals surface area contributed by atoms with Crippen LogP contribution in [0.4, 0.5) is 11.6 Å². The third kappa shape index (κ3) is 2.66. The Morgan fingerprint density at radius 3 is 2.65 bits per heavy atom. The van der Waals surface area contributed by atoms with E-state index in [9.17, 15) is 0 Å². The summed E-state index contributed by atoms with van der Waals surface area (Å²) in [6, 6.07) is 13.6. The first kappa shape index (κ1) is 13.5. The van der Waals surface area contributed by atoms with Crippen molar-refractivity contribution in [2.75, 3.05) is 23.7 Å². The van der Waals surface area contributed by atoms with Gasteiger partial charge in [-0.15, -0.1) is 0 Å². The zero-order chi connectivity index (χ0) is 15.5. The molecule has 3 aromatic heterocycles. The number of anilines is 2. The fourth-order valence-corrected chi connectivity index (χ4v) is 2.49. The van der Waals surface area contributed by atoms with Gasteiger partial charge in [-0.05, 0) is 24.3 Å². The van der Waals surface area contributed by atoms with Gasteiger partial charge >= 0.3 is 0 Å². The Bertz CT molecular complexity index is 935. The summed E-state index contributed by atoms with van der Waals surface area (Å²) in [5.41, 5.74) is 2.33. The lowest BCUT2D eigenvalue weighted by Crippen LogP contribution is -2.15. The molecule has 0 saturated carbocycles. The van der Waals surface area contributed by atoms with E-state index in [0.717, 1.165) is 28.8 Å². The number of rotatable bonds is 5. The molecule has 6 heteroatoms. The van der Waals surface area contributed by atoms with E-state index in [-0.39, 0.29) is 0 Å². The van der Waals surface area contributed by atoms with Crippen LogP contribution in [0.2, 0.25) is 0 Å². The van der Waals surface area contributed by atoms with Gasteiger partial charge in [-0.2, -0.15) is 0 Å². The van der Waals surface area contributed by atoms with E-state index in [0.29, 0.717) is 17.9 Å². The molecule has 0 spiro atoms. The molecule has 0 bridgehead atoms. The Hall–Kier alpha value is -3.15. The molecular weight excluding hydrogens is 290 g/mol. The second kappa shape index (κ2) is 5.92. The molecule has 0 fully saturated rings. The van der Waals surface area contributed by atoms with Gasteiger partial charge in [0.15, 0.2) is 11.4 Å². The highest BCUT2D eigenvalue weighted by molar-refractivity contribution is 6.05. The third-order valence-corrected chi connectivity index (χ3v) is 3.55. The van der Waals surface area contributed by atoms with Crippen molar-refractivity contribution < 1.29 is 4.42 Å². The minimum atomic E-state index is 0.687. The standard InChI is InChI=1S/C17H15N5O/c1-2-6-13-12(5-1)15-16(23-13)17(22-11-21-15)20-10-9-19-14-7-3-4-8-18-14/h1-8,11H,9-10H2,(H,18,19)(H,20,21,22). The van der Waals surface area contributed by atoms with E-state index < -0.39 is 0 Å². The van der Waals surface area contributed by atoms with Crippen molar-refractivity contribution in [2.24, 2.45) is 0 Å². The van der Waals surface area contributed by atoms with E-state index >= 15 is 0 Å². The number of pyridine rings is 1. The summed E-state index contributed by atoms with van der Waals surface area (Å²) in [7, 11) is 0. The highest BCUT2D eigenvalue weighted by atomic mass is 16.3. The van der Waals surface area contributed by atoms with Crippen LogP contribution in [-0.4, -0.2) is 28.0 Å². The van der Waals surface area contributed by atoms with Gasteiger partial charge in [0.1, 0.15) is 23.2 Å². The van der Waals surface area contributed by atoms with E-state index in [4.69, 9.17) is 4.42 Å². The number of nitrogens with zero attached hydrogens (tertiary/aromatic N) is 3. The molecule has 23 heavy (non-hydrogen) atoms. The lowest BCUT2D eigenvalue weighted by atomic mass is 10.2. The third-order valence-electron chi connectivity index (χ3n) is 3.55. The van der Waals surface area contributed by atoms with E-state index in [1.807, 2.05) is 42.5 Å². The molecule has 2 N–H and O–H groups in total. The average Bonchev–Trinajstić information content (AvgIpc) is 2.99. The van der Waals surface area contributed by atoms with Gasteiger partial charge in [0.2, 0.25) is 0 Å². The van der Waals surface area contributed by atoms with E-state index in [2.05, 4.69) is 25.6 Å². The monoisotopic (exact) mass is 305 g/mol. The van der Waals surface area contributed by atoms with Crippen molar-refractivity contribution in [3.63, 3.8) is 0 Å². The minimum absolute atomic E-state index is 0.687. The number of aromatic nitrogens is 3. The predicted molar refractivity (Wildman–Crippen MR) is 90.5 cm³/mol. The SMILES string of the molecule is c1ccc(NCCNc2ncnc3c2oc2ccccc23)nc1. The summed E-state index contributed by atoms with van der Waals surface area (Å²) in [5.74, 6) is 1.56. The molecule has 4 aromatic rings. The summed E-state index contributed by atoms with van der Waals surface area (Å²) < 4.78 is 5.88. The molecule has 0 unspecified atom stereocenters. The molecule has 114 valence electrons. The molecule has 3 heterocycles. The summed E-state index contributed by atoms with van der Waals surface area (Å²) in [4.78, 5) is 12.8. The van der Waals surface area contributed by atoms with Gasteiger partial charge in [0.05, 0.1) is 0 Å². The largest absolute Gasteiger partial charge is 0.450 e. The molecule has 0 amide bonds. The topological polar surface area (TPSA) is 75.9 Å². The van der Waals surface area contributed by atoms with Crippen molar-refractivity contribution in [1.29, 1.82) is 0 Å². The van der Waals surface area contributed by atoms with Gasteiger partial charge in [-0.3, -0.25) is 0 Å². The van der Waals surface area contributed by atoms with Crippen LogP contribution in [0.15, 0.2) is 59.4 Å². The second-order valence-corrected chi connectivity index (χ2v) is 5.07. The highest BCUT2D eigenvalue weighted by Crippen LogP contribution is 2.29. The van der Waals surface area contributed by atoms with Crippen LogP contribution in [0.25, 0.3) is 22.1 Å². The maximum absolute atomic E-state index is 5.88. The van der Waals surface area contributed by atoms with E-state index in [1.54, 1.807) is 12.5 Å². The summed E-state index contributed by atoms with van der Waals surface area (Å²) in [5, 5.41) is 7.53. The Balaban J connectivity index is 1.50. The van der Waals surface area contributed by atoms with Crippen molar-refractivity contribution in [2.45, 2.75) is 0 Å². The summed E-state index contributed by atoms with van der Waals surface area (Å²) >= 11 is 0. The van der Waals surface area contributed by atoms with Crippen LogP contribution in [0.5, 0.6) is 0 Å². The lowest BCUT2D eigenvalue weighted by molar-refractivity contribution is 0.666. The zero-order valence-electron chi connectivity index (χ0n) is 12.4. The number of fused-ring (bicyclic) bond motifs is 3. The number of nitrogens with one attached hydrogen (secondary N) is 2. The highest BCUT2D eigenvalue weighted by Gasteiger charge is 2.12. The first-order chi connectivity index (χ1) is 11.4. The smallest absolute Gasteiger partial charge is 0.196 e. The molecule has 0 aliphatic heterocycles. The van der Waals surface area contributed by atoms with Crippen LogP contribution >= 0.6 is 0 Å². The predicted octanol–water partition coefficient (Wildman–Crippen LogP) is 3.30. The molecule has 6 nitrogen and oxygen atoms in total. The normalized spacial score (nSPS) is 11.0. The Labute approximate surface area is 132 Å². The van der Waals surface area contributed by atoms with Crippen molar-refractivity contribution in [3.8, 4) is 0 Å². The fourth-order valence-electron chi connectivity index (χ4n) is 2.49. The average molecular weight is 305 g/mol. The van der Waals surface area contributed by atoms with Crippen LogP contribution in [0, 0.1) is 0 Å². The Morgan fingerprint density at radius 2 is 1.74 bits per heavy atom. The maximum atomic E-state index is 5.88. The zero-order valence-corrected chi connectivity index (χ0v) is 12.4. The lowest BCUT2D eigenvalue weighted by Gasteiger charge is -2.07. The molecule has 0 radical (unpaired) electrons. The molecule has 4 rings (SSSR count). The van der Waals surface area contributed by atoms with Crippen molar-refractivity contribution >= 4 is 33.7 Å². The van der Waals surface area contributed by atoms with Crippen molar-refractivity contribution in [1.82, 2.24) is 15.0 Å². The van der Waals surface area contributed by atoms with Crippen LogP contribution in [-0.2, 0) is 0 Å². The first-order valence-electron chi connectivity index (χ1n) is 7.43. The number of hydrogen-bond donors (Lipinski definition) is 2. The van der Waals surface area contributed by atoms with Gasteiger partial charge < -0.3 is 15.1 Å². The number of para-hydroxylation sites is 1. The van der Waals surface area contributed by atoms with Gasteiger partial charge in [-0.1, -0.05) is 18.2 Å². The second-order valence-electron chi connectivity index (χ2n) is 5.07. The number of benzene rings is 1. The quantitative estimate of drug-likeness (QED) is 0.551. The van der Waals surface area contributed by atoms with Crippen molar-refractivity contribution in [3.05, 3.63) is 55.0 Å². The molecular formula is C17H15N5O. The van der Waals surface area contributed by atoms with Crippen LogP contribution in [0.3, 0.4) is 0 Å². The van der Waals surface area contributed by atoms with E-state index in [1.165, 1.54) is 0 Å².